The lowest BCUT2D eigenvalue weighted by Crippen LogP contribution is -2.43. The van der Waals surface area contributed by atoms with Crippen LogP contribution in [0.25, 0.3) is 10.2 Å². The standard InChI is InChI=1S/C12H15N3S/c1-9-2-3-10-11(8-9)16-12(14-10)15-6-4-13-5-7-15/h2-3,8,13H,4-7H2,1H3. The van der Waals surface area contributed by atoms with Crippen LogP contribution in [0, 0.1) is 6.92 Å². The van der Waals surface area contributed by atoms with Crippen molar-refractivity contribution in [3.8, 4) is 0 Å². The second kappa shape index (κ2) is 4.03. The minimum Gasteiger partial charge on any atom is -0.346 e. The first-order valence-electron chi connectivity index (χ1n) is 5.66. The Morgan fingerprint density at radius 2 is 2.12 bits per heavy atom. The van der Waals surface area contributed by atoms with Gasteiger partial charge in [-0.15, -0.1) is 0 Å². The van der Waals surface area contributed by atoms with Gasteiger partial charge in [-0.25, -0.2) is 4.98 Å². The molecule has 0 aliphatic carbocycles. The molecule has 1 saturated heterocycles. The van der Waals surface area contributed by atoms with E-state index < -0.39 is 0 Å². The van der Waals surface area contributed by atoms with Crippen LogP contribution in [-0.4, -0.2) is 31.2 Å². The fourth-order valence-corrected chi connectivity index (χ4v) is 3.13. The van der Waals surface area contributed by atoms with Crippen LogP contribution in [0.5, 0.6) is 0 Å². The lowest BCUT2D eigenvalue weighted by molar-refractivity contribution is 0.588. The monoisotopic (exact) mass is 233 g/mol. The van der Waals surface area contributed by atoms with E-state index in [1.54, 1.807) is 11.3 Å². The molecular weight excluding hydrogens is 218 g/mol. The SMILES string of the molecule is Cc1ccc2nc(N3CCNCC3)sc2c1. The van der Waals surface area contributed by atoms with Crippen molar-refractivity contribution in [2.24, 2.45) is 0 Å². The summed E-state index contributed by atoms with van der Waals surface area (Å²) < 4.78 is 1.30. The van der Waals surface area contributed by atoms with E-state index in [4.69, 9.17) is 4.98 Å². The van der Waals surface area contributed by atoms with Crippen molar-refractivity contribution < 1.29 is 0 Å². The fourth-order valence-electron chi connectivity index (χ4n) is 2.01. The molecule has 0 atom stereocenters. The van der Waals surface area contributed by atoms with Gasteiger partial charge in [-0.05, 0) is 24.6 Å². The number of benzene rings is 1. The average Bonchev–Trinajstić information content (AvgIpc) is 2.73. The van der Waals surface area contributed by atoms with Crippen LogP contribution in [0.15, 0.2) is 18.2 Å². The molecule has 1 aromatic heterocycles. The first kappa shape index (κ1) is 10.1. The normalized spacial score (nSPS) is 16.9. The zero-order chi connectivity index (χ0) is 11.0. The Bertz CT molecular complexity index is 500. The van der Waals surface area contributed by atoms with Gasteiger partial charge in [0.05, 0.1) is 10.2 Å². The molecule has 3 nitrogen and oxygen atoms in total. The summed E-state index contributed by atoms with van der Waals surface area (Å²) in [7, 11) is 0. The maximum atomic E-state index is 4.69. The quantitative estimate of drug-likeness (QED) is 0.816. The highest BCUT2D eigenvalue weighted by atomic mass is 32.1. The predicted molar refractivity (Wildman–Crippen MR) is 69.4 cm³/mol. The number of rotatable bonds is 1. The first-order valence-corrected chi connectivity index (χ1v) is 6.47. The summed E-state index contributed by atoms with van der Waals surface area (Å²) in [5.74, 6) is 0. The topological polar surface area (TPSA) is 28.2 Å². The summed E-state index contributed by atoms with van der Waals surface area (Å²) in [6.45, 7) is 6.39. The van der Waals surface area contributed by atoms with Crippen molar-refractivity contribution in [1.82, 2.24) is 10.3 Å². The van der Waals surface area contributed by atoms with E-state index in [1.807, 2.05) is 0 Å². The second-order valence-electron chi connectivity index (χ2n) is 4.20. The van der Waals surface area contributed by atoms with Crippen molar-refractivity contribution >= 4 is 26.7 Å². The Morgan fingerprint density at radius 3 is 2.94 bits per heavy atom. The van der Waals surface area contributed by atoms with Gasteiger partial charge in [-0.1, -0.05) is 17.4 Å². The molecule has 2 aromatic rings. The van der Waals surface area contributed by atoms with Gasteiger partial charge >= 0.3 is 0 Å². The van der Waals surface area contributed by atoms with E-state index in [0.717, 1.165) is 31.7 Å². The largest absolute Gasteiger partial charge is 0.346 e. The van der Waals surface area contributed by atoms with Crippen LogP contribution in [0.3, 0.4) is 0 Å². The number of nitrogens with one attached hydrogen (secondary N) is 1. The summed E-state index contributed by atoms with van der Waals surface area (Å²) in [6.07, 6.45) is 0. The molecule has 0 spiro atoms. The smallest absolute Gasteiger partial charge is 0.186 e. The van der Waals surface area contributed by atoms with Gasteiger partial charge in [0, 0.05) is 26.2 Å². The number of thiazole rings is 1. The van der Waals surface area contributed by atoms with Crippen molar-refractivity contribution in [3.05, 3.63) is 23.8 Å². The summed E-state index contributed by atoms with van der Waals surface area (Å²) in [5, 5.41) is 4.53. The Morgan fingerprint density at radius 1 is 1.31 bits per heavy atom. The van der Waals surface area contributed by atoms with Gasteiger partial charge in [0.2, 0.25) is 0 Å². The third-order valence-corrected chi connectivity index (χ3v) is 4.00. The van der Waals surface area contributed by atoms with Crippen LogP contribution in [0.1, 0.15) is 5.56 Å². The predicted octanol–water partition coefficient (Wildman–Crippen LogP) is 2.01. The maximum Gasteiger partial charge on any atom is 0.186 e. The highest BCUT2D eigenvalue weighted by molar-refractivity contribution is 7.22. The number of nitrogens with zero attached hydrogens (tertiary/aromatic N) is 2. The number of piperazine rings is 1. The maximum absolute atomic E-state index is 4.69. The molecule has 1 aliphatic rings. The summed E-state index contributed by atoms with van der Waals surface area (Å²) in [5.41, 5.74) is 2.44. The van der Waals surface area contributed by atoms with Crippen LogP contribution in [0.2, 0.25) is 0 Å². The molecule has 2 heterocycles. The molecule has 84 valence electrons. The Kier molecular flexibility index (Phi) is 2.53. The third-order valence-electron chi connectivity index (χ3n) is 2.92. The molecule has 1 aliphatic heterocycles. The molecular formula is C12H15N3S. The number of hydrogen-bond donors (Lipinski definition) is 1. The van der Waals surface area contributed by atoms with Gasteiger partial charge in [0.25, 0.3) is 0 Å². The van der Waals surface area contributed by atoms with Crippen LogP contribution >= 0.6 is 11.3 Å². The molecule has 0 radical (unpaired) electrons. The molecule has 0 unspecified atom stereocenters. The molecule has 0 amide bonds. The minimum absolute atomic E-state index is 1.06. The molecule has 0 bridgehead atoms. The van der Waals surface area contributed by atoms with E-state index in [1.165, 1.54) is 15.4 Å². The van der Waals surface area contributed by atoms with E-state index in [-0.39, 0.29) is 0 Å². The van der Waals surface area contributed by atoms with E-state index in [2.05, 4.69) is 35.3 Å². The summed E-state index contributed by atoms with van der Waals surface area (Å²) in [4.78, 5) is 7.07. The highest BCUT2D eigenvalue weighted by Gasteiger charge is 2.14. The zero-order valence-corrected chi connectivity index (χ0v) is 10.2. The molecule has 1 aromatic carbocycles. The lowest BCUT2D eigenvalue weighted by Gasteiger charge is -2.26. The minimum atomic E-state index is 1.06. The van der Waals surface area contributed by atoms with E-state index in [0.29, 0.717) is 0 Å². The number of aromatic nitrogens is 1. The van der Waals surface area contributed by atoms with Gasteiger partial charge < -0.3 is 10.2 Å². The molecule has 1 fully saturated rings. The zero-order valence-electron chi connectivity index (χ0n) is 9.36. The van der Waals surface area contributed by atoms with E-state index >= 15 is 0 Å². The van der Waals surface area contributed by atoms with Crippen LogP contribution in [0.4, 0.5) is 5.13 Å². The lowest BCUT2D eigenvalue weighted by atomic mass is 10.2. The summed E-state index contributed by atoms with van der Waals surface area (Å²) >= 11 is 1.80. The fraction of sp³-hybridized carbons (Fsp3) is 0.417. The Labute approximate surface area is 99.1 Å². The Hall–Kier alpha value is -1.13. The van der Waals surface area contributed by atoms with Crippen molar-refractivity contribution in [2.45, 2.75) is 6.92 Å². The second-order valence-corrected chi connectivity index (χ2v) is 5.21. The number of hydrogen-bond acceptors (Lipinski definition) is 4. The van der Waals surface area contributed by atoms with Crippen molar-refractivity contribution in [1.29, 1.82) is 0 Å². The summed E-state index contributed by atoms with van der Waals surface area (Å²) in [6, 6.07) is 6.47. The average molecular weight is 233 g/mol. The first-order chi connectivity index (χ1) is 7.83. The molecule has 16 heavy (non-hydrogen) atoms. The van der Waals surface area contributed by atoms with Gasteiger partial charge in [0.1, 0.15) is 0 Å². The van der Waals surface area contributed by atoms with Gasteiger partial charge in [0.15, 0.2) is 5.13 Å². The Balaban J connectivity index is 1.97. The van der Waals surface area contributed by atoms with Crippen molar-refractivity contribution in [3.63, 3.8) is 0 Å². The number of fused-ring (bicyclic) bond motifs is 1. The highest BCUT2D eigenvalue weighted by Crippen LogP contribution is 2.29. The van der Waals surface area contributed by atoms with Crippen LogP contribution < -0.4 is 10.2 Å². The van der Waals surface area contributed by atoms with Gasteiger partial charge in [-0.2, -0.15) is 0 Å². The molecule has 1 N–H and O–H groups in total. The van der Waals surface area contributed by atoms with E-state index in [9.17, 15) is 0 Å². The third kappa shape index (κ3) is 1.79. The molecule has 0 saturated carbocycles. The molecule has 4 heteroatoms. The number of aryl methyl sites for hydroxylation is 1. The molecule has 3 rings (SSSR count). The van der Waals surface area contributed by atoms with Gasteiger partial charge in [-0.3, -0.25) is 0 Å². The number of anilines is 1. The van der Waals surface area contributed by atoms with Crippen molar-refractivity contribution in [2.75, 3.05) is 31.1 Å². The van der Waals surface area contributed by atoms with Crippen LogP contribution in [-0.2, 0) is 0 Å².